The summed E-state index contributed by atoms with van der Waals surface area (Å²) < 4.78 is 12.9. The highest BCUT2D eigenvalue weighted by Crippen LogP contribution is 2.21. The van der Waals surface area contributed by atoms with Crippen molar-refractivity contribution in [2.24, 2.45) is 0 Å². The van der Waals surface area contributed by atoms with Crippen molar-refractivity contribution in [3.8, 4) is 0 Å². The highest BCUT2D eigenvalue weighted by atomic mass is 35.5. The first-order chi connectivity index (χ1) is 13.0. The fourth-order valence-corrected chi connectivity index (χ4v) is 2.75. The van der Waals surface area contributed by atoms with Gasteiger partial charge in [0.15, 0.2) is 0 Å². The van der Waals surface area contributed by atoms with Gasteiger partial charge in [-0.05, 0) is 60.9 Å². The number of carbonyl (C=O) groups excluding carboxylic acids is 1. The Balaban J connectivity index is 1.61. The third kappa shape index (κ3) is 5.28. The van der Waals surface area contributed by atoms with E-state index in [2.05, 4.69) is 15.6 Å². The van der Waals surface area contributed by atoms with Crippen molar-refractivity contribution in [2.45, 2.75) is 13.3 Å². The molecule has 2 N–H and O–H groups in total. The minimum absolute atomic E-state index is 0.244. The normalized spacial score (nSPS) is 10.5. The summed E-state index contributed by atoms with van der Waals surface area (Å²) in [4.78, 5) is 16.6. The first-order valence-corrected chi connectivity index (χ1v) is 8.91. The van der Waals surface area contributed by atoms with Crippen molar-refractivity contribution in [3.63, 3.8) is 0 Å². The average Bonchev–Trinajstić information content (AvgIpc) is 2.66. The predicted molar refractivity (Wildman–Crippen MR) is 107 cm³/mol. The van der Waals surface area contributed by atoms with Crippen LogP contribution >= 0.6 is 11.6 Å². The number of rotatable bonds is 6. The van der Waals surface area contributed by atoms with Gasteiger partial charge in [0.1, 0.15) is 11.5 Å². The lowest BCUT2D eigenvalue weighted by Crippen LogP contribution is -2.15. The molecule has 4 nitrogen and oxygen atoms in total. The molecule has 0 aliphatic rings. The van der Waals surface area contributed by atoms with Gasteiger partial charge in [0.05, 0.1) is 0 Å². The van der Waals surface area contributed by atoms with Crippen LogP contribution in [0.3, 0.4) is 0 Å². The lowest BCUT2D eigenvalue weighted by molar-refractivity contribution is 0.102. The van der Waals surface area contributed by atoms with Crippen LogP contribution in [0.1, 0.15) is 21.6 Å². The van der Waals surface area contributed by atoms with Crippen molar-refractivity contribution in [1.29, 1.82) is 0 Å². The zero-order chi connectivity index (χ0) is 19.2. The quantitative estimate of drug-likeness (QED) is 0.623. The average molecular weight is 384 g/mol. The van der Waals surface area contributed by atoms with Gasteiger partial charge < -0.3 is 10.6 Å². The molecule has 0 saturated heterocycles. The molecule has 0 aliphatic carbocycles. The first-order valence-electron chi connectivity index (χ1n) is 8.53. The molecule has 1 aromatic heterocycles. The van der Waals surface area contributed by atoms with E-state index in [-0.39, 0.29) is 11.7 Å². The smallest absolute Gasteiger partial charge is 0.274 e. The van der Waals surface area contributed by atoms with E-state index in [4.69, 9.17) is 11.6 Å². The maximum atomic E-state index is 12.9. The minimum Gasteiger partial charge on any atom is -0.385 e. The molecule has 0 bridgehead atoms. The number of carbonyl (C=O) groups is 1. The number of halogens is 2. The van der Waals surface area contributed by atoms with Crippen molar-refractivity contribution < 1.29 is 9.18 Å². The molecule has 1 amide bonds. The summed E-state index contributed by atoms with van der Waals surface area (Å²) in [6.45, 7) is 2.55. The number of hydrogen-bond donors (Lipinski definition) is 2. The van der Waals surface area contributed by atoms with Crippen LogP contribution in [-0.2, 0) is 6.42 Å². The van der Waals surface area contributed by atoms with Gasteiger partial charge in [-0.2, -0.15) is 0 Å². The van der Waals surface area contributed by atoms with E-state index >= 15 is 0 Å². The van der Waals surface area contributed by atoms with Gasteiger partial charge in [-0.3, -0.25) is 9.78 Å². The molecule has 0 atom stereocenters. The number of nitrogens with zero attached hydrogens (tertiary/aromatic N) is 1. The highest BCUT2D eigenvalue weighted by Gasteiger charge is 2.10. The summed E-state index contributed by atoms with van der Waals surface area (Å²) in [5.41, 5.74) is 3.71. The SMILES string of the molecule is Cc1ccc(Cl)cc1NC(=O)c1cc(NCCc2ccc(F)cc2)ccn1. The molecule has 0 aliphatic heterocycles. The Morgan fingerprint density at radius 1 is 1.11 bits per heavy atom. The van der Waals surface area contributed by atoms with Gasteiger partial charge in [-0.25, -0.2) is 4.39 Å². The van der Waals surface area contributed by atoms with Gasteiger partial charge in [0.25, 0.3) is 5.91 Å². The Morgan fingerprint density at radius 3 is 2.67 bits per heavy atom. The van der Waals surface area contributed by atoms with E-state index in [1.165, 1.54) is 12.1 Å². The van der Waals surface area contributed by atoms with Crippen LogP contribution in [0.5, 0.6) is 0 Å². The summed E-state index contributed by atoms with van der Waals surface area (Å²) in [7, 11) is 0. The monoisotopic (exact) mass is 383 g/mol. The molecular weight excluding hydrogens is 365 g/mol. The lowest BCUT2D eigenvalue weighted by Gasteiger charge is -2.10. The lowest BCUT2D eigenvalue weighted by atomic mass is 10.1. The Labute approximate surface area is 162 Å². The van der Waals surface area contributed by atoms with E-state index in [1.807, 2.05) is 13.0 Å². The second kappa shape index (κ2) is 8.64. The Morgan fingerprint density at radius 2 is 1.89 bits per heavy atom. The Hall–Kier alpha value is -2.92. The van der Waals surface area contributed by atoms with Crippen molar-refractivity contribution in [1.82, 2.24) is 4.98 Å². The van der Waals surface area contributed by atoms with Crippen LogP contribution in [-0.4, -0.2) is 17.4 Å². The fraction of sp³-hybridized carbons (Fsp3) is 0.143. The topological polar surface area (TPSA) is 54.0 Å². The van der Waals surface area contributed by atoms with Crippen LogP contribution < -0.4 is 10.6 Å². The molecule has 0 saturated carbocycles. The summed E-state index contributed by atoms with van der Waals surface area (Å²) >= 11 is 5.99. The second-order valence-electron chi connectivity index (χ2n) is 6.15. The number of aromatic nitrogens is 1. The van der Waals surface area contributed by atoms with Crippen LogP contribution in [0, 0.1) is 12.7 Å². The number of pyridine rings is 1. The standard InChI is InChI=1S/C21H19ClFN3O/c1-14-2-5-16(22)12-19(14)26-21(27)20-13-18(9-11-25-20)24-10-8-15-3-6-17(23)7-4-15/h2-7,9,11-13H,8,10H2,1H3,(H,24,25)(H,26,27). The number of anilines is 2. The molecule has 3 aromatic rings. The molecule has 0 unspecified atom stereocenters. The molecule has 3 rings (SSSR count). The van der Waals surface area contributed by atoms with Crippen LogP contribution in [0.4, 0.5) is 15.8 Å². The molecule has 0 fully saturated rings. The Kier molecular flexibility index (Phi) is 6.04. The maximum absolute atomic E-state index is 12.9. The van der Waals surface area contributed by atoms with Gasteiger partial charge in [0, 0.05) is 29.1 Å². The van der Waals surface area contributed by atoms with E-state index in [0.29, 0.717) is 22.9 Å². The molecule has 27 heavy (non-hydrogen) atoms. The number of nitrogens with one attached hydrogen (secondary N) is 2. The minimum atomic E-state index is -0.303. The largest absolute Gasteiger partial charge is 0.385 e. The number of hydrogen-bond acceptors (Lipinski definition) is 3. The number of benzene rings is 2. The molecule has 0 spiro atoms. The maximum Gasteiger partial charge on any atom is 0.274 e. The predicted octanol–water partition coefficient (Wildman–Crippen LogP) is 5.09. The molecule has 2 aromatic carbocycles. The molecule has 138 valence electrons. The molecular formula is C21H19ClFN3O. The fourth-order valence-electron chi connectivity index (χ4n) is 2.58. The number of aryl methyl sites for hydroxylation is 1. The summed E-state index contributed by atoms with van der Waals surface area (Å²) in [5.74, 6) is -0.547. The van der Waals surface area contributed by atoms with Gasteiger partial charge in [-0.15, -0.1) is 0 Å². The second-order valence-corrected chi connectivity index (χ2v) is 6.58. The molecule has 6 heteroatoms. The van der Waals surface area contributed by atoms with Crippen molar-refractivity contribution >= 4 is 28.9 Å². The van der Waals surface area contributed by atoms with Crippen LogP contribution in [0.25, 0.3) is 0 Å². The van der Waals surface area contributed by atoms with E-state index in [1.54, 1.807) is 42.6 Å². The third-order valence-corrected chi connectivity index (χ3v) is 4.33. The zero-order valence-corrected chi connectivity index (χ0v) is 15.6. The van der Waals surface area contributed by atoms with Crippen LogP contribution in [0.15, 0.2) is 60.8 Å². The van der Waals surface area contributed by atoms with E-state index in [0.717, 1.165) is 23.2 Å². The van der Waals surface area contributed by atoms with E-state index in [9.17, 15) is 9.18 Å². The van der Waals surface area contributed by atoms with Gasteiger partial charge >= 0.3 is 0 Å². The summed E-state index contributed by atoms with van der Waals surface area (Å²) in [6.07, 6.45) is 2.33. The van der Waals surface area contributed by atoms with Gasteiger partial charge in [0.2, 0.25) is 0 Å². The van der Waals surface area contributed by atoms with Crippen molar-refractivity contribution in [2.75, 3.05) is 17.2 Å². The van der Waals surface area contributed by atoms with Crippen LogP contribution in [0.2, 0.25) is 5.02 Å². The summed E-state index contributed by atoms with van der Waals surface area (Å²) in [5, 5.41) is 6.64. The van der Waals surface area contributed by atoms with Gasteiger partial charge in [-0.1, -0.05) is 29.8 Å². The Bertz CT molecular complexity index is 944. The number of amides is 1. The first kappa shape index (κ1) is 18.9. The molecule has 0 radical (unpaired) electrons. The third-order valence-electron chi connectivity index (χ3n) is 4.10. The highest BCUT2D eigenvalue weighted by molar-refractivity contribution is 6.31. The zero-order valence-electron chi connectivity index (χ0n) is 14.8. The van der Waals surface area contributed by atoms with Crippen molar-refractivity contribution in [3.05, 3.63) is 88.5 Å². The molecule has 1 heterocycles. The summed E-state index contributed by atoms with van der Waals surface area (Å²) in [6, 6.07) is 15.2. The van der Waals surface area contributed by atoms with E-state index < -0.39 is 0 Å².